The van der Waals surface area contributed by atoms with Gasteiger partial charge < -0.3 is 4.90 Å². The molecule has 3 rings (SSSR count). The molecule has 0 N–H and O–H groups in total. The van der Waals surface area contributed by atoms with Crippen LogP contribution in [0.2, 0.25) is 5.02 Å². The Balaban J connectivity index is 0.000000739. The number of halogens is 6. The minimum atomic E-state index is 0. The van der Waals surface area contributed by atoms with Crippen molar-refractivity contribution in [1.82, 2.24) is 9.80 Å². The number of hydrogen-bond donors (Lipinski definition) is 0. The average Bonchev–Trinajstić information content (AvgIpc) is 2.74. The van der Waals surface area contributed by atoms with Gasteiger partial charge in [-0.05, 0) is 61.5 Å². The van der Waals surface area contributed by atoms with Gasteiger partial charge in [-0.3, -0.25) is 4.90 Å². The second kappa shape index (κ2) is 18.5. The van der Waals surface area contributed by atoms with Crippen molar-refractivity contribution in [3.8, 4) is 0 Å². The molecule has 2 aromatic carbocycles. The number of hydrogen-bond acceptors (Lipinski definition) is 3. The molecule has 1 aliphatic heterocycles. The Bertz CT molecular complexity index is 833. The van der Waals surface area contributed by atoms with Crippen LogP contribution in [-0.4, -0.2) is 67.7 Å². The van der Waals surface area contributed by atoms with Crippen LogP contribution in [0.4, 0.5) is 0 Å². The average molecular weight is 593 g/mol. The van der Waals surface area contributed by atoms with Crippen LogP contribution in [0.1, 0.15) is 17.5 Å². The number of rotatable bonds is 9. The molecule has 0 saturated heterocycles. The van der Waals surface area contributed by atoms with Crippen LogP contribution in [0.3, 0.4) is 0 Å². The fourth-order valence-electron chi connectivity index (χ4n) is 3.22. The molecular weight excluding hydrogens is 561 g/mol. The summed E-state index contributed by atoms with van der Waals surface area (Å²) in [6.07, 6.45) is 3.38. The van der Waals surface area contributed by atoms with E-state index in [0.717, 1.165) is 37.6 Å². The molecule has 1 heterocycles. The highest BCUT2D eigenvalue weighted by molar-refractivity contribution is 7.99. The molecule has 0 saturated carbocycles. The van der Waals surface area contributed by atoms with Crippen LogP contribution >= 0.6 is 83.0 Å². The van der Waals surface area contributed by atoms with E-state index >= 15 is 0 Å². The molecule has 186 valence electrons. The lowest BCUT2D eigenvalue weighted by atomic mass is 9.96. The Hall–Kier alpha value is 0.190. The Labute approximate surface area is 235 Å². The third-order valence-electron chi connectivity index (χ3n) is 4.76. The van der Waals surface area contributed by atoms with E-state index in [1.807, 2.05) is 17.8 Å². The van der Waals surface area contributed by atoms with Crippen molar-refractivity contribution in [2.45, 2.75) is 16.2 Å². The summed E-state index contributed by atoms with van der Waals surface area (Å²) >= 11 is 24.7. The van der Waals surface area contributed by atoms with E-state index in [-0.39, 0.29) is 24.8 Å². The monoisotopic (exact) mass is 590 g/mol. The smallest absolute Gasteiger partial charge is 0.0412 e. The Kier molecular flexibility index (Phi) is 18.6. The fraction of sp³-hybridized carbons (Fsp3) is 0.417. The van der Waals surface area contributed by atoms with Crippen molar-refractivity contribution in [1.29, 1.82) is 0 Å². The first-order valence-electron chi connectivity index (χ1n) is 10.3. The van der Waals surface area contributed by atoms with E-state index in [1.165, 1.54) is 26.5 Å². The van der Waals surface area contributed by atoms with Crippen molar-refractivity contribution in [2.75, 3.05) is 57.9 Å². The molecule has 9 heteroatoms. The number of alkyl halides is 3. The SMILES string of the molecule is CN(C)CCC=C1c2ccccc2Sc2ccc(Cl)cc21.Cl.Cl.ClCCN(CCCl)CCCl. The lowest BCUT2D eigenvalue weighted by Crippen LogP contribution is -2.29. The summed E-state index contributed by atoms with van der Waals surface area (Å²) < 4.78 is 0. The van der Waals surface area contributed by atoms with Gasteiger partial charge in [0.2, 0.25) is 0 Å². The molecule has 0 aliphatic carbocycles. The maximum Gasteiger partial charge on any atom is 0.0412 e. The Morgan fingerprint density at radius 3 is 1.94 bits per heavy atom. The van der Waals surface area contributed by atoms with Gasteiger partial charge in [0.15, 0.2) is 0 Å². The third-order valence-corrected chi connectivity index (χ3v) is 6.65. The number of fused-ring (bicyclic) bond motifs is 2. The molecule has 0 amide bonds. The van der Waals surface area contributed by atoms with E-state index < -0.39 is 0 Å². The lowest BCUT2D eigenvalue weighted by molar-refractivity contribution is 0.327. The summed E-state index contributed by atoms with van der Waals surface area (Å²) in [7, 11) is 4.21. The summed E-state index contributed by atoms with van der Waals surface area (Å²) in [5.41, 5.74) is 3.88. The maximum absolute atomic E-state index is 6.21. The molecule has 0 radical (unpaired) electrons. The summed E-state index contributed by atoms with van der Waals surface area (Å²) in [4.78, 5) is 6.96. The molecule has 2 nitrogen and oxygen atoms in total. The van der Waals surface area contributed by atoms with Crippen LogP contribution < -0.4 is 0 Å². The van der Waals surface area contributed by atoms with E-state index in [1.54, 1.807) is 0 Å². The minimum absolute atomic E-state index is 0. The third kappa shape index (κ3) is 11.2. The molecule has 0 fully saturated rings. The van der Waals surface area contributed by atoms with Crippen molar-refractivity contribution in [3.05, 3.63) is 64.7 Å². The highest BCUT2D eigenvalue weighted by Gasteiger charge is 2.20. The van der Waals surface area contributed by atoms with Gasteiger partial charge >= 0.3 is 0 Å². The highest BCUT2D eigenvalue weighted by atomic mass is 35.5. The van der Waals surface area contributed by atoms with Crippen molar-refractivity contribution >= 4 is 88.6 Å². The van der Waals surface area contributed by atoms with Crippen molar-refractivity contribution in [2.24, 2.45) is 0 Å². The van der Waals surface area contributed by atoms with Gasteiger partial charge in [0, 0.05) is 58.6 Å². The summed E-state index contributed by atoms with van der Waals surface area (Å²) in [5, 5.41) is 0.798. The van der Waals surface area contributed by atoms with Gasteiger partial charge in [-0.15, -0.1) is 59.6 Å². The van der Waals surface area contributed by atoms with Gasteiger partial charge in [0.05, 0.1) is 0 Å². The molecular formula is C24H32Cl6N2S. The maximum atomic E-state index is 6.21. The number of benzene rings is 2. The fourth-order valence-corrected chi connectivity index (χ4v) is 5.20. The molecule has 33 heavy (non-hydrogen) atoms. The number of nitrogens with zero attached hydrogens (tertiary/aromatic N) is 2. The van der Waals surface area contributed by atoms with Crippen LogP contribution in [0.25, 0.3) is 5.57 Å². The normalized spacial score (nSPS) is 12.9. The molecule has 0 aromatic heterocycles. The molecule has 2 aromatic rings. The Morgan fingerprint density at radius 1 is 0.788 bits per heavy atom. The Morgan fingerprint density at radius 2 is 1.36 bits per heavy atom. The first-order chi connectivity index (χ1) is 15.0. The topological polar surface area (TPSA) is 6.48 Å². The van der Waals surface area contributed by atoms with Crippen LogP contribution in [0.5, 0.6) is 0 Å². The van der Waals surface area contributed by atoms with Gasteiger partial charge in [0.25, 0.3) is 0 Å². The van der Waals surface area contributed by atoms with Gasteiger partial charge in [-0.25, -0.2) is 0 Å². The van der Waals surface area contributed by atoms with Crippen LogP contribution in [0.15, 0.2) is 58.3 Å². The zero-order valence-corrected chi connectivity index (χ0v) is 24.4. The molecule has 0 bridgehead atoms. The quantitative estimate of drug-likeness (QED) is 0.232. The molecule has 0 atom stereocenters. The molecule has 0 spiro atoms. The predicted molar refractivity (Wildman–Crippen MR) is 155 cm³/mol. The van der Waals surface area contributed by atoms with Crippen LogP contribution in [-0.2, 0) is 0 Å². The minimum Gasteiger partial charge on any atom is -0.309 e. The summed E-state index contributed by atoms with van der Waals surface area (Å²) in [5.74, 6) is 1.94. The molecule has 0 unspecified atom stereocenters. The summed E-state index contributed by atoms with van der Waals surface area (Å²) in [6.45, 7) is 3.68. The van der Waals surface area contributed by atoms with E-state index in [0.29, 0.717) is 17.6 Å². The largest absolute Gasteiger partial charge is 0.309 e. The van der Waals surface area contributed by atoms with Crippen LogP contribution in [0, 0.1) is 0 Å². The first-order valence-corrected chi connectivity index (χ1v) is 13.1. The van der Waals surface area contributed by atoms with Crippen molar-refractivity contribution < 1.29 is 0 Å². The second-order valence-corrected chi connectivity index (χ2v) is 10.0. The second-order valence-electron chi connectivity index (χ2n) is 7.36. The molecule has 1 aliphatic rings. The van der Waals surface area contributed by atoms with E-state index in [4.69, 9.17) is 46.4 Å². The highest BCUT2D eigenvalue weighted by Crippen LogP contribution is 2.46. The predicted octanol–water partition coefficient (Wildman–Crippen LogP) is 8.04. The lowest BCUT2D eigenvalue weighted by Gasteiger charge is -2.22. The van der Waals surface area contributed by atoms with Gasteiger partial charge in [-0.2, -0.15) is 0 Å². The zero-order chi connectivity index (χ0) is 22.6. The van der Waals surface area contributed by atoms with Gasteiger partial charge in [-0.1, -0.05) is 47.6 Å². The first kappa shape index (κ1) is 33.2. The van der Waals surface area contributed by atoms with Gasteiger partial charge in [0.1, 0.15) is 0 Å². The standard InChI is InChI=1S/C18H18ClNS.C6H12Cl3N.2ClH/c1-20(2)11-5-7-14-15-6-3-4-8-17(15)21-18-10-9-13(19)12-16(14)18;7-1-4-10(5-2-8)6-3-9;;/h3-4,6-10,12H,5,11H2,1-2H3;1-6H2;2*1H. The summed E-state index contributed by atoms with van der Waals surface area (Å²) in [6, 6.07) is 14.8. The van der Waals surface area contributed by atoms with Crippen molar-refractivity contribution in [3.63, 3.8) is 0 Å². The zero-order valence-electron chi connectivity index (χ0n) is 18.9. The van der Waals surface area contributed by atoms with E-state index in [2.05, 4.69) is 66.4 Å². The van der Waals surface area contributed by atoms with E-state index in [9.17, 15) is 0 Å².